The van der Waals surface area contributed by atoms with Gasteiger partial charge in [0.1, 0.15) is 0 Å². The van der Waals surface area contributed by atoms with Crippen LogP contribution in [0.25, 0.3) is 0 Å². The Bertz CT molecular complexity index is 509. The maximum absolute atomic E-state index is 12.6. The molecule has 1 aliphatic rings. The largest absolute Gasteiger partial charge is 0.387 e. The quantitative estimate of drug-likeness (QED) is 0.869. The maximum Gasteiger partial charge on any atom is 0.263 e. The number of halogens is 2. The number of aliphatic hydroxyl groups excluding tert-OH is 1. The summed E-state index contributed by atoms with van der Waals surface area (Å²) < 4.78 is 25.2. The molecule has 0 bridgehead atoms. The van der Waals surface area contributed by atoms with Crippen molar-refractivity contribution in [1.82, 2.24) is 0 Å². The Labute approximate surface area is 124 Å². The average Bonchev–Trinajstić information content (AvgIpc) is 2.54. The third kappa shape index (κ3) is 3.24. The predicted molar refractivity (Wildman–Crippen MR) is 76.7 cm³/mol. The molecule has 0 radical (unpaired) electrons. The summed E-state index contributed by atoms with van der Waals surface area (Å²) in [5, 5.41) is 20.2. The zero-order valence-corrected chi connectivity index (χ0v) is 12.2. The van der Waals surface area contributed by atoms with E-state index in [-0.39, 0.29) is 5.56 Å². The fraction of sp³-hybridized carbons (Fsp3) is 0.588. The van der Waals surface area contributed by atoms with E-state index >= 15 is 0 Å². The van der Waals surface area contributed by atoms with Gasteiger partial charge in [-0.2, -0.15) is 5.26 Å². The van der Waals surface area contributed by atoms with Gasteiger partial charge in [0.15, 0.2) is 0 Å². The van der Waals surface area contributed by atoms with Crippen LogP contribution in [0, 0.1) is 22.7 Å². The molecule has 4 heteroatoms. The van der Waals surface area contributed by atoms with Crippen LogP contribution in [0.15, 0.2) is 24.3 Å². The average molecular weight is 293 g/mol. The Balaban J connectivity index is 2.23. The summed E-state index contributed by atoms with van der Waals surface area (Å²) >= 11 is 0. The van der Waals surface area contributed by atoms with Crippen molar-refractivity contribution in [1.29, 1.82) is 5.26 Å². The fourth-order valence-electron chi connectivity index (χ4n) is 3.33. The minimum absolute atomic E-state index is 0.0629. The van der Waals surface area contributed by atoms with Crippen molar-refractivity contribution in [3.63, 3.8) is 0 Å². The molecular weight excluding hydrogens is 272 g/mol. The van der Waals surface area contributed by atoms with Crippen molar-refractivity contribution in [2.45, 2.75) is 51.6 Å². The van der Waals surface area contributed by atoms with E-state index in [4.69, 9.17) is 0 Å². The number of aliphatic hydroxyl groups is 1. The summed E-state index contributed by atoms with van der Waals surface area (Å²) in [6.45, 7) is 2.10. The molecule has 0 aliphatic heterocycles. The Morgan fingerprint density at radius 1 is 1.33 bits per heavy atom. The molecular formula is C17H21F2NO. The molecule has 2 nitrogen and oxygen atoms in total. The minimum atomic E-state index is -2.51. The number of alkyl halides is 2. The Morgan fingerprint density at radius 2 is 1.95 bits per heavy atom. The molecule has 21 heavy (non-hydrogen) atoms. The van der Waals surface area contributed by atoms with Crippen LogP contribution in [-0.2, 0) is 0 Å². The van der Waals surface area contributed by atoms with Crippen molar-refractivity contribution >= 4 is 0 Å². The third-order valence-electron chi connectivity index (χ3n) is 4.72. The van der Waals surface area contributed by atoms with Gasteiger partial charge in [-0.15, -0.1) is 0 Å². The van der Waals surface area contributed by atoms with Gasteiger partial charge in [-0.25, -0.2) is 8.78 Å². The Kier molecular flexibility index (Phi) is 4.95. The molecule has 114 valence electrons. The van der Waals surface area contributed by atoms with Crippen LogP contribution in [0.5, 0.6) is 0 Å². The zero-order chi connectivity index (χ0) is 15.5. The molecule has 3 atom stereocenters. The number of nitrogens with zero attached hydrogens (tertiary/aromatic N) is 1. The van der Waals surface area contributed by atoms with Gasteiger partial charge in [-0.3, -0.25) is 0 Å². The van der Waals surface area contributed by atoms with Gasteiger partial charge in [0.25, 0.3) is 6.43 Å². The standard InChI is InChI=1S/C17H21F2NO/c1-2-12-4-3-9-17(10-12,11-20)15(21)13-5-7-14(8-6-13)16(18)19/h5-8,12,15-16,21H,2-4,9-10H2,1H3. The van der Waals surface area contributed by atoms with Crippen LogP contribution in [0.4, 0.5) is 8.78 Å². The highest BCUT2D eigenvalue weighted by atomic mass is 19.3. The van der Waals surface area contributed by atoms with Crippen LogP contribution in [0.3, 0.4) is 0 Å². The van der Waals surface area contributed by atoms with Gasteiger partial charge in [0.05, 0.1) is 17.6 Å². The number of nitriles is 1. The third-order valence-corrected chi connectivity index (χ3v) is 4.72. The lowest BCUT2D eigenvalue weighted by atomic mass is 9.65. The lowest BCUT2D eigenvalue weighted by Crippen LogP contribution is -2.33. The highest BCUT2D eigenvalue weighted by Gasteiger charge is 2.42. The van der Waals surface area contributed by atoms with Gasteiger partial charge in [-0.05, 0) is 24.3 Å². The number of hydrogen-bond acceptors (Lipinski definition) is 2. The molecule has 1 fully saturated rings. The molecule has 1 aliphatic carbocycles. The van der Waals surface area contributed by atoms with Gasteiger partial charge >= 0.3 is 0 Å². The molecule has 0 spiro atoms. The van der Waals surface area contributed by atoms with E-state index in [9.17, 15) is 19.1 Å². The van der Waals surface area contributed by atoms with Crippen LogP contribution in [-0.4, -0.2) is 5.11 Å². The van der Waals surface area contributed by atoms with Crippen LogP contribution < -0.4 is 0 Å². The Hall–Kier alpha value is -1.47. The fourth-order valence-corrected chi connectivity index (χ4v) is 3.33. The van der Waals surface area contributed by atoms with Gasteiger partial charge in [-0.1, -0.05) is 50.5 Å². The van der Waals surface area contributed by atoms with Crippen molar-refractivity contribution in [2.75, 3.05) is 0 Å². The number of hydrogen-bond donors (Lipinski definition) is 1. The van der Waals surface area contributed by atoms with Crippen molar-refractivity contribution in [3.8, 4) is 6.07 Å². The van der Waals surface area contributed by atoms with E-state index in [1.54, 1.807) is 0 Å². The number of rotatable bonds is 4. The topological polar surface area (TPSA) is 44.0 Å². The first kappa shape index (κ1) is 15.9. The lowest BCUT2D eigenvalue weighted by molar-refractivity contribution is 0.0184. The monoisotopic (exact) mass is 293 g/mol. The van der Waals surface area contributed by atoms with E-state index in [0.717, 1.165) is 19.3 Å². The molecule has 1 saturated carbocycles. The summed E-state index contributed by atoms with van der Waals surface area (Å²) in [5.74, 6) is 0.452. The minimum Gasteiger partial charge on any atom is -0.387 e. The molecule has 0 heterocycles. The van der Waals surface area contributed by atoms with Gasteiger partial charge in [0.2, 0.25) is 0 Å². The molecule has 0 saturated heterocycles. The van der Waals surface area contributed by atoms with Crippen LogP contribution in [0.1, 0.15) is 62.7 Å². The molecule has 2 rings (SSSR count). The summed E-state index contributed by atoms with van der Waals surface area (Å²) in [6, 6.07) is 8.00. The molecule has 3 unspecified atom stereocenters. The van der Waals surface area contributed by atoms with Crippen LogP contribution >= 0.6 is 0 Å². The van der Waals surface area contributed by atoms with E-state index in [1.807, 2.05) is 0 Å². The Morgan fingerprint density at radius 3 is 2.48 bits per heavy atom. The predicted octanol–water partition coefficient (Wildman–Crippen LogP) is 4.77. The summed E-state index contributed by atoms with van der Waals surface area (Å²) in [6.07, 6.45) is 0.939. The highest BCUT2D eigenvalue weighted by molar-refractivity contribution is 5.28. The summed E-state index contributed by atoms with van der Waals surface area (Å²) in [7, 11) is 0. The summed E-state index contributed by atoms with van der Waals surface area (Å²) in [5.41, 5.74) is -0.296. The van der Waals surface area contributed by atoms with E-state index in [2.05, 4.69) is 13.0 Å². The second-order valence-corrected chi connectivity index (χ2v) is 6.01. The van der Waals surface area contributed by atoms with Crippen molar-refractivity contribution in [2.24, 2.45) is 11.3 Å². The van der Waals surface area contributed by atoms with Gasteiger partial charge in [0, 0.05) is 5.56 Å². The first-order valence-corrected chi connectivity index (χ1v) is 7.49. The first-order chi connectivity index (χ1) is 10.0. The maximum atomic E-state index is 12.6. The van der Waals surface area contributed by atoms with Crippen molar-refractivity contribution in [3.05, 3.63) is 35.4 Å². The molecule has 1 aromatic carbocycles. The molecule has 1 N–H and O–H groups in total. The lowest BCUT2D eigenvalue weighted by Gasteiger charge is -2.39. The molecule has 0 aromatic heterocycles. The summed E-state index contributed by atoms with van der Waals surface area (Å²) in [4.78, 5) is 0. The first-order valence-electron chi connectivity index (χ1n) is 7.49. The molecule has 0 amide bonds. The second-order valence-electron chi connectivity index (χ2n) is 6.01. The second kappa shape index (κ2) is 6.53. The smallest absolute Gasteiger partial charge is 0.263 e. The van der Waals surface area contributed by atoms with Crippen molar-refractivity contribution < 1.29 is 13.9 Å². The highest BCUT2D eigenvalue weighted by Crippen LogP contribution is 2.48. The SMILES string of the molecule is CCC1CCCC(C#N)(C(O)c2ccc(C(F)F)cc2)C1. The van der Waals surface area contributed by atoms with E-state index in [0.29, 0.717) is 24.3 Å². The van der Waals surface area contributed by atoms with E-state index in [1.165, 1.54) is 24.3 Å². The van der Waals surface area contributed by atoms with Crippen LogP contribution in [0.2, 0.25) is 0 Å². The molecule has 1 aromatic rings. The van der Waals surface area contributed by atoms with Gasteiger partial charge < -0.3 is 5.11 Å². The number of benzene rings is 1. The zero-order valence-electron chi connectivity index (χ0n) is 12.2. The van der Waals surface area contributed by atoms with E-state index < -0.39 is 17.9 Å². The normalized spacial score (nSPS) is 27.3.